The van der Waals surface area contributed by atoms with E-state index in [1.807, 2.05) is 16.7 Å². The average Bonchev–Trinajstić information content (AvgIpc) is 2.30. The average molecular weight is 285 g/mol. The van der Waals surface area contributed by atoms with Crippen molar-refractivity contribution in [2.45, 2.75) is 23.5 Å². The number of benzene rings is 1. The summed E-state index contributed by atoms with van der Waals surface area (Å²) in [5.74, 6) is 0.497. The predicted octanol–water partition coefficient (Wildman–Crippen LogP) is 3.08. The maximum atomic E-state index is 13.1. The van der Waals surface area contributed by atoms with E-state index in [0.717, 1.165) is 18.8 Å². The van der Waals surface area contributed by atoms with E-state index in [4.69, 9.17) is 0 Å². The predicted molar refractivity (Wildman–Crippen MR) is 76.1 cm³/mol. The molecule has 0 aromatic heterocycles. The van der Waals surface area contributed by atoms with Crippen molar-refractivity contribution in [3.8, 4) is 0 Å². The number of nitrogens with zero attached hydrogens (tertiary/aromatic N) is 1. The molecule has 1 aliphatic rings. The molecule has 18 heavy (non-hydrogen) atoms. The molecule has 0 saturated carbocycles. The summed E-state index contributed by atoms with van der Waals surface area (Å²) in [6.45, 7) is 5.72. The summed E-state index contributed by atoms with van der Waals surface area (Å²) in [7, 11) is 0. The minimum absolute atomic E-state index is 0.0429. The molecule has 2 rings (SSSR count). The van der Waals surface area contributed by atoms with Gasteiger partial charge < -0.3 is 4.90 Å². The largest absolute Gasteiger partial charge is 0.336 e. The quantitative estimate of drug-likeness (QED) is 0.800. The highest BCUT2D eigenvalue weighted by Crippen LogP contribution is 2.30. The van der Waals surface area contributed by atoms with Gasteiger partial charge in [0.25, 0.3) is 5.91 Å². The molecule has 0 bridgehead atoms. The second kappa shape index (κ2) is 5.13. The molecule has 1 amide bonds. The SMILES string of the molecule is CC1(C)CN(C(=O)c2ccc(F)c(S)c2)CCS1. The highest BCUT2D eigenvalue weighted by Gasteiger charge is 2.30. The maximum Gasteiger partial charge on any atom is 0.253 e. The molecule has 0 spiro atoms. The first-order chi connectivity index (χ1) is 8.39. The van der Waals surface area contributed by atoms with E-state index in [0.29, 0.717) is 5.56 Å². The zero-order valence-corrected chi connectivity index (χ0v) is 12.2. The lowest BCUT2D eigenvalue weighted by Gasteiger charge is -2.37. The number of carbonyl (C=O) groups excluding carboxylic acids is 1. The summed E-state index contributed by atoms with van der Waals surface area (Å²) in [4.78, 5) is 14.4. The summed E-state index contributed by atoms with van der Waals surface area (Å²) >= 11 is 5.88. The van der Waals surface area contributed by atoms with Crippen LogP contribution < -0.4 is 0 Å². The van der Waals surface area contributed by atoms with E-state index >= 15 is 0 Å². The number of thiol groups is 1. The normalized spacial score (nSPS) is 18.8. The molecule has 0 radical (unpaired) electrons. The van der Waals surface area contributed by atoms with Crippen LogP contribution in [-0.2, 0) is 0 Å². The van der Waals surface area contributed by atoms with Crippen molar-refractivity contribution >= 4 is 30.3 Å². The lowest BCUT2D eigenvalue weighted by Crippen LogP contribution is -2.46. The molecule has 2 nitrogen and oxygen atoms in total. The van der Waals surface area contributed by atoms with E-state index in [1.54, 1.807) is 0 Å². The van der Waals surface area contributed by atoms with Crippen molar-refractivity contribution in [3.05, 3.63) is 29.6 Å². The van der Waals surface area contributed by atoms with Crippen LogP contribution in [0.4, 0.5) is 4.39 Å². The van der Waals surface area contributed by atoms with Gasteiger partial charge in [0.15, 0.2) is 0 Å². The van der Waals surface area contributed by atoms with Crippen molar-refractivity contribution in [1.82, 2.24) is 4.90 Å². The van der Waals surface area contributed by atoms with Crippen LogP contribution in [0.1, 0.15) is 24.2 Å². The molecule has 1 aliphatic heterocycles. The standard InChI is InChI=1S/C13H16FNOS2/c1-13(2)8-15(5-6-18-13)12(16)9-3-4-10(14)11(17)7-9/h3-4,7,17H,5-6,8H2,1-2H3. The van der Waals surface area contributed by atoms with Gasteiger partial charge >= 0.3 is 0 Å². The van der Waals surface area contributed by atoms with Gasteiger partial charge in [-0.2, -0.15) is 11.8 Å². The molecular formula is C13H16FNOS2. The number of hydrogen-bond donors (Lipinski definition) is 1. The van der Waals surface area contributed by atoms with Gasteiger partial charge in [0.05, 0.1) is 0 Å². The molecule has 1 heterocycles. The van der Waals surface area contributed by atoms with Crippen molar-refractivity contribution in [1.29, 1.82) is 0 Å². The highest BCUT2D eigenvalue weighted by atomic mass is 32.2. The Morgan fingerprint density at radius 2 is 2.22 bits per heavy atom. The summed E-state index contributed by atoms with van der Waals surface area (Å²) < 4.78 is 13.2. The van der Waals surface area contributed by atoms with Gasteiger partial charge in [0, 0.05) is 34.0 Å². The minimum Gasteiger partial charge on any atom is -0.336 e. The van der Waals surface area contributed by atoms with E-state index in [1.165, 1.54) is 18.2 Å². The second-order valence-corrected chi connectivity index (χ2v) is 7.28. The first kappa shape index (κ1) is 13.7. The van der Waals surface area contributed by atoms with E-state index in [2.05, 4.69) is 26.5 Å². The lowest BCUT2D eigenvalue weighted by atomic mass is 10.1. The monoisotopic (exact) mass is 285 g/mol. The number of thioether (sulfide) groups is 1. The molecule has 0 aliphatic carbocycles. The summed E-state index contributed by atoms with van der Waals surface area (Å²) in [5.41, 5.74) is 0.504. The van der Waals surface area contributed by atoms with Gasteiger partial charge in [-0.15, -0.1) is 12.6 Å². The van der Waals surface area contributed by atoms with Crippen molar-refractivity contribution in [2.24, 2.45) is 0 Å². The number of amides is 1. The van der Waals surface area contributed by atoms with Crippen LogP contribution in [0.25, 0.3) is 0 Å². The smallest absolute Gasteiger partial charge is 0.253 e. The van der Waals surface area contributed by atoms with E-state index in [-0.39, 0.29) is 15.5 Å². The molecule has 5 heteroatoms. The zero-order valence-electron chi connectivity index (χ0n) is 10.4. The Kier molecular flexibility index (Phi) is 3.92. The Hall–Kier alpha value is -0.680. The van der Waals surface area contributed by atoms with Crippen molar-refractivity contribution in [2.75, 3.05) is 18.8 Å². The second-order valence-electron chi connectivity index (χ2n) is 5.00. The van der Waals surface area contributed by atoms with Crippen molar-refractivity contribution < 1.29 is 9.18 Å². The van der Waals surface area contributed by atoms with Crippen LogP contribution in [0, 0.1) is 5.82 Å². The third-order valence-corrected chi connectivity index (χ3v) is 4.55. The molecule has 1 fully saturated rings. The van der Waals surface area contributed by atoms with Gasteiger partial charge in [0.2, 0.25) is 0 Å². The Bertz CT molecular complexity index is 476. The molecule has 1 aromatic carbocycles. The van der Waals surface area contributed by atoms with Gasteiger partial charge in [-0.05, 0) is 32.0 Å². The maximum absolute atomic E-state index is 13.1. The van der Waals surface area contributed by atoms with Crippen LogP contribution in [0.3, 0.4) is 0 Å². The Balaban J connectivity index is 2.18. The number of rotatable bonds is 1. The van der Waals surface area contributed by atoms with Gasteiger partial charge in [-0.3, -0.25) is 4.79 Å². The third kappa shape index (κ3) is 3.01. The van der Waals surface area contributed by atoms with Crippen LogP contribution in [0.5, 0.6) is 0 Å². The fraction of sp³-hybridized carbons (Fsp3) is 0.462. The van der Waals surface area contributed by atoms with Gasteiger partial charge in [0.1, 0.15) is 5.82 Å². The lowest BCUT2D eigenvalue weighted by molar-refractivity contribution is 0.0747. The summed E-state index contributed by atoms with van der Waals surface area (Å²) in [6, 6.07) is 4.31. The van der Waals surface area contributed by atoms with Gasteiger partial charge in [-0.1, -0.05) is 0 Å². The molecule has 0 N–H and O–H groups in total. The topological polar surface area (TPSA) is 20.3 Å². The first-order valence-electron chi connectivity index (χ1n) is 5.81. The Morgan fingerprint density at radius 1 is 1.50 bits per heavy atom. The van der Waals surface area contributed by atoms with Gasteiger partial charge in [-0.25, -0.2) is 4.39 Å². The molecule has 1 aromatic rings. The number of halogens is 1. The van der Waals surface area contributed by atoms with Crippen LogP contribution in [-0.4, -0.2) is 34.4 Å². The fourth-order valence-electron chi connectivity index (χ4n) is 2.02. The number of carbonyl (C=O) groups is 1. The highest BCUT2D eigenvalue weighted by molar-refractivity contribution is 8.00. The minimum atomic E-state index is -0.399. The molecular weight excluding hydrogens is 269 g/mol. The summed E-state index contributed by atoms with van der Waals surface area (Å²) in [6.07, 6.45) is 0. The van der Waals surface area contributed by atoms with Crippen LogP contribution in [0.15, 0.2) is 23.1 Å². The van der Waals surface area contributed by atoms with Crippen LogP contribution in [0.2, 0.25) is 0 Å². The zero-order chi connectivity index (χ0) is 13.3. The molecule has 98 valence electrons. The van der Waals surface area contributed by atoms with E-state index in [9.17, 15) is 9.18 Å². The molecule has 0 atom stereocenters. The fourth-order valence-corrected chi connectivity index (χ4v) is 3.34. The third-order valence-electron chi connectivity index (χ3n) is 2.91. The molecule has 1 saturated heterocycles. The first-order valence-corrected chi connectivity index (χ1v) is 7.24. The van der Waals surface area contributed by atoms with Crippen molar-refractivity contribution in [3.63, 3.8) is 0 Å². The van der Waals surface area contributed by atoms with Crippen LogP contribution >= 0.6 is 24.4 Å². The summed E-state index contributed by atoms with van der Waals surface area (Å²) in [5, 5.41) is 0. The number of hydrogen-bond acceptors (Lipinski definition) is 3. The Labute approximate surface area is 116 Å². The molecule has 0 unspecified atom stereocenters. The Morgan fingerprint density at radius 3 is 2.83 bits per heavy atom. The van der Waals surface area contributed by atoms with E-state index < -0.39 is 5.82 Å².